The first-order valence-corrected chi connectivity index (χ1v) is 3.68. The van der Waals surface area contributed by atoms with Crippen molar-refractivity contribution in [3.63, 3.8) is 0 Å². The van der Waals surface area contributed by atoms with Gasteiger partial charge in [0.1, 0.15) is 0 Å². The van der Waals surface area contributed by atoms with Crippen LogP contribution in [-0.4, -0.2) is 39.0 Å². The molecule has 1 saturated heterocycles. The molecule has 0 unspecified atom stereocenters. The first-order chi connectivity index (χ1) is 4.84. The van der Waals surface area contributed by atoms with Gasteiger partial charge in [-0.3, -0.25) is 0 Å². The molecule has 4 heteroatoms. The van der Waals surface area contributed by atoms with Crippen molar-refractivity contribution < 1.29 is 9.47 Å². The van der Waals surface area contributed by atoms with Crippen LogP contribution in [0.5, 0.6) is 0 Å². The van der Waals surface area contributed by atoms with E-state index in [1.54, 1.807) is 7.11 Å². The Hall–Kier alpha value is 0.170. The summed E-state index contributed by atoms with van der Waals surface area (Å²) in [7, 11) is 1.71. The van der Waals surface area contributed by atoms with Crippen LogP contribution in [0.15, 0.2) is 0 Å². The van der Waals surface area contributed by atoms with Gasteiger partial charge in [-0.25, -0.2) is 0 Å². The van der Waals surface area contributed by atoms with Crippen LogP contribution < -0.4 is 5.32 Å². The molecule has 0 bridgehead atoms. The predicted octanol–water partition coefficient (Wildman–Crippen LogP) is 0.432. The average Bonchev–Trinajstić information content (AvgIpc) is 1.94. The Morgan fingerprint density at radius 2 is 2.36 bits per heavy atom. The summed E-state index contributed by atoms with van der Waals surface area (Å²) in [6.45, 7) is 4.57. The van der Waals surface area contributed by atoms with Crippen LogP contribution in [0.3, 0.4) is 0 Å². The minimum atomic E-state index is 0. The van der Waals surface area contributed by atoms with Crippen molar-refractivity contribution in [1.29, 1.82) is 0 Å². The minimum absolute atomic E-state index is 0. The molecule has 1 heterocycles. The number of morpholine rings is 1. The quantitative estimate of drug-likeness (QED) is 0.671. The normalized spacial score (nSPS) is 31.1. The fourth-order valence-electron chi connectivity index (χ4n) is 1.15. The molecule has 0 spiro atoms. The molecule has 0 aromatic carbocycles. The van der Waals surface area contributed by atoms with Crippen LogP contribution in [0.2, 0.25) is 0 Å². The Morgan fingerprint density at radius 3 is 2.91 bits per heavy atom. The van der Waals surface area contributed by atoms with E-state index < -0.39 is 0 Å². The summed E-state index contributed by atoms with van der Waals surface area (Å²) in [5, 5.41) is 3.32. The van der Waals surface area contributed by atoms with Gasteiger partial charge in [0.05, 0.1) is 25.4 Å². The predicted molar refractivity (Wildman–Crippen MR) is 46.3 cm³/mol. The van der Waals surface area contributed by atoms with Crippen molar-refractivity contribution in [2.24, 2.45) is 0 Å². The fraction of sp³-hybridized carbons (Fsp3) is 1.00. The topological polar surface area (TPSA) is 30.5 Å². The number of ether oxygens (including phenoxy) is 2. The van der Waals surface area contributed by atoms with E-state index in [0.717, 1.165) is 19.8 Å². The van der Waals surface area contributed by atoms with Gasteiger partial charge in [-0.05, 0) is 6.92 Å². The van der Waals surface area contributed by atoms with Crippen molar-refractivity contribution in [1.82, 2.24) is 5.32 Å². The van der Waals surface area contributed by atoms with Gasteiger partial charge in [0.15, 0.2) is 0 Å². The highest BCUT2D eigenvalue weighted by molar-refractivity contribution is 5.85. The number of methoxy groups -OCH3 is 1. The molecule has 2 atom stereocenters. The van der Waals surface area contributed by atoms with E-state index in [1.807, 2.05) is 0 Å². The van der Waals surface area contributed by atoms with E-state index in [0.29, 0.717) is 6.04 Å². The lowest BCUT2D eigenvalue weighted by atomic mass is 10.2. The Kier molecular flexibility index (Phi) is 5.86. The highest BCUT2D eigenvalue weighted by Gasteiger charge is 2.20. The summed E-state index contributed by atoms with van der Waals surface area (Å²) in [5.74, 6) is 0. The summed E-state index contributed by atoms with van der Waals surface area (Å²) in [6.07, 6.45) is 0.286. The zero-order valence-corrected chi connectivity index (χ0v) is 7.82. The van der Waals surface area contributed by atoms with Gasteiger partial charge in [-0.1, -0.05) is 0 Å². The minimum Gasteiger partial charge on any atom is -0.383 e. The van der Waals surface area contributed by atoms with Gasteiger partial charge >= 0.3 is 0 Å². The van der Waals surface area contributed by atoms with Gasteiger partial charge in [-0.2, -0.15) is 0 Å². The van der Waals surface area contributed by atoms with Crippen molar-refractivity contribution >= 4 is 12.4 Å². The third kappa shape index (κ3) is 3.38. The second kappa shape index (κ2) is 5.77. The van der Waals surface area contributed by atoms with E-state index in [9.17, 15) is 0 Å². The number of nitrogens with one attached hydrogen (secondary N) is 1. The summed E-state index contributed by atoms with van der Waals surface area (Å²) in [4.78, 5) is 0. The van der Waals surface area contributed by atoms with Crippen LogP contribution in [0.25, 0.3) is 0 Å². The van der Waals surface area contributed by atoms with Crippen molar-refractivity contribution in [3.05, 3.63) is 0 Å². The molecule has 0 aromatic heterocycles. The summed E-state index contributed by atoms with van der Waals surface area (Å²) < 4.78 is 10.4. The van der Waals surface area contributed by atoms with Crippen LogP contribution in [0.1, 0.15) is 6.92 Å². The van der Waals surface area contributed by atoms with Gasteiger partial charge in [0, 0.05) is 13.7 Å². The molecule has 1 aliphatic heterocycles. The van der Waals surface area contributed by atoms with Gasteiger partial charge in [0.2, 0.25) is 0 Å². The van der Waals surface area contributed by atoms with Gasteiger partial charge < -0.3 is 14.8 Å². The maximum absolute atomic E-state index is 5.40. The van der Waals surface area contributed by atoms with Gasteiger partial charge in [0.25, 0.3) is 0 Å². The molecule has 3 nitrogen and oxygen atoms in total. The van der Waals surface area contributed by atoms with Crippen LogP contribution in [0, 0.1) is 0 Å². The van der Waals surface area contributed by atoms with Crippen LogP contribution in [0.4, 0.5) is 0 Å². The Balaban J connectivity index is 0.000001000. The molecular weight excluding hydrogens is 166 g/mol. The molecule has 1 aliphatic rings. The molecule has 0 aromatic rings. The van der Waals surface area contributed by atoms with Crippen LogP contribution >= 0.6 is 12.4 Å². The fourth-order valence-corrected chi connectivity index (χ4v) is 1.15. The highest BCUT2D eigenvalue weighted by atomic mass is 35.5. The van der Waals surface area contributed by atoms with E-state index in [1.165, 1.54) is 0 Å². The Labute approximate surface area is 73.9 Å². The van der Waals surface area contributed by atoms with Crippen molar-refractivity contribution in [2.75, 3.05) is 26.9 Å². The largest absolute Gasteiger partial charge is 0.383 e. The first kappa shape index (κ1) is 11.2. The third-order valence-corrected chi connectivity index (χ3v) is 1.80. The lowest BCUT2D eigenvalue weighted by Gasteiger charge is -2.29. The molecule has 0 radical (unpaired) electrons. The van der Waals surface area contributed by atoms with Crippen molar-refractivity contribution in [3.8, 4) is 0 Å². The molecule has 1 N–H and O–H groups in total. The first-order valence-electron chi connectivity index (χ1n) is 3.68. The second-order valence-electron chi connectivity index (χ2n) is 2.59. The molecule has 1 rings (SSSR count). The smallest absolute Gasteiger partial charge is 0.0723 e. The van der Waals surface area contributed by atoms with E-state index in [2.05, 4.69) is 12.2 Å². The van der Waals surface area contributed by atoms with Gasteiger partial charge in [-0.15, -0.1) is 12.4 Å². The molecule has 0 aliphatic carbocycles. The molecule has 0 amide bonds. The zero-order valence-electron chi connectivity index (χ0n) is 7.00. The number of halogens is 1. The second-order valence-corrected chi connectivity index (χ2v) is 2.59. The molecule has 0 saturated carbocycles. The number of rotatable bonds is 2. The maximum atomic E-state index is 5.40. The van der Waals surface area contributed by atoms with Crippen molar-refractivity contribution in [2.45, 2.75) is 19.1 Å². The third-order valence-electron chi connectivity index (χ3n) is 1.80. The Morgan fingerprint density at radius 1 is 1.64 bits per heavy atom. The highest BCUT2D eigenvalue weighted by Crippen LogP contribution is 2.03. The van der Waals surface area contributed by atoms with Crippen LogP contribution in [-0.2, 0) is 9.47 Å². The SMILES string of the molecule is COC[C@H]1NCCO[C@@H]1C.Cl. The molecule has 68 valence electrons. The average molecular weight is 182 g/mol. The summed E-state index contributed by atoms with van der Waals surface area (Å²) >= 11 is 0. The van der Waals surface area contributed by atoms with E-state index in [-0.39, 0.29) is 18.5 Å². The van der Waals surface area contributed by atoms with E-state index in [4.69, 9.17) is 9.47 Å². The van der Waals surface area contributed by atoms with E-state index >= 15 is 0 Å². The standard InChI is InChI=1S/C7H15NO2.ClH/c1-6-7(5-9-2)8-3-4-10-6;/h6-8H,3-5H2,1-2H3;1H/t6-,7-;/m1./s1. The number of hydrogen-bond donors (Lipinski definition) is 1. The summed E-state index contributed by atoms with van der Waals surface area (Å²) in [5.41, 5.74) is 0. The lowest BCUT2D eigenvalue weighted by molar-refractivity contribution is -0.0149. The Bertz CT molecular complexity index is 100. The lowest BCUT2D eigenvalue weighted by Crippen LogP contribution is -2.49. The molecular formula is C7H16ClNO2. The monoisotopic (exact) mass is 181 g/mol. The number of hydrogen-bond acceptors (Lipinski definition) is 3. The molecule has 1 fully saturated rings. The summed E-state index contributed by atoms with van der Waals surface area (Å²) in [6, 6.07) is 0.374. The maximum Gasteiger partial charge on any atom is 0.0723 e. The molecule has 11 heavy (non-hydrogen) atoms. The zero-order chi connectivity index (χ0) is 7.40.